The molecule has 1 atom stereocenters. The zero-order chi connectivity index (χ0) is 21.8. The van der Waals surface area contributed by atoms with Crippen LogP contribution in [0.2, 0.25) is 5.02 Å². The van der Waals surface area contributed by atoms with E-state index in [1.807, 2.05) is 32.0 Å². The molecule has 3 rings (SSSR count). The van der Waals surface area contributed by atoms with Crippen LogP contribution >= 0.6 is 23.4 Å². The van der Waals surface area contributed by atoms with Crippen molar-refractivity contribution >= 4 is 35.0 Å². The van der Waals surface area contributed by atoms with E-state index in [0.29, 0.717) is 27.2 Å². The highest BCUT2D eigenvalue weighted by Gasteiger charge is 2.17. The smallest absolute Gasteiger partial charge is 0.271 e. The zero-order valence-corrected chi connectivity index (χ0v) is 18.7. The van der Waals surface area contributed by atoms with Gasteiger partial charge in [0.25, 0.3) is 5.56 Å². The maximum Gasteiger partial charge on any atom is 0.271 e. The lowest BCUT2D eigenvalue weighted by Crippen LogP contribution is -2.24. The van der Waals surface area contributed by atoms with Gasteiger partial charge in [-0.3, -0.25) is 9.59 Å². The molecule has 6 nitrogen and oxygen atoms in total. The Kier molecular flexibility index (Phi) is 6.84. The number of methoxy groups -OCH3 is 1. The highest BCUT2D eigenvalue weighted by atomic mass is 35.5. The molecule has 0 saturated heterocycles. The average Bonchev–Trinajstić information content (AvgIpc) is 2.71. The van der Waals surface area contributed by atoms with E-state index < -0.39 is 5.25 Å². The van der Waals surface area contributed by atoms with Crippen LogP contribution in [0.3, 0.4) is 0 Å². The lowest BCUT2D eigenvalue weighted by molar-refractivity contribution is -0.115. The number of hydrogen-bond donors (Lipinski definition) is 1. The molecular formula is C22H22ClN3O3S. The number of nitrogens with zero attached hydrogens (tertiary/aromatic N) is 2. The van der Waals surface area contributed by atoms with Crippen molar-refractivity contribution in [2.75, 3.05) is 12.4 Å². The topological polar surface area (TPSA) is 73.2 Å². The molecule has 30 heavy (non-hydrogen) atoms. The Balaban J connectivity index is 1.75. The molecule has 0 fully saturated rings. The maximum absolute atomic E-state index is 12.6. The molecule has 0 aliphatic rings. The molecule has 8 heteroatoms. The Bertz CT molecular complexity index is 1150. The Labute approximate surface area is 184 Å². The number of nitrogens with one attached hydrogen (secondary N) is 1. The second kappa shape index (κ2) is 9.36. The summed E-state index contributed by atoms with van der Waals surface area (Å²) in [6, 6.07) is 13.9. The second-order valence-electron chi connectivity index (χ2n) is 6.79. The number of halogens is 1. The first-order valence-electron chi connectivity index (χ1n) is 9.27. The van der Waals surface area contributed by atoms with Crippen LogP contribution in [0.15, 0.2) is 58.4 Å². The molecule has 0 saturated carbocycles. The highest BCUT2D eigenvalue weighted by Crippen LogP contribution is 2.28. The molecule has 0 spiro atoms. The molecule has 0 aliphatic carbocycles. The van der Waals surface area contributed by atoms with Gasteiger partial charge in [0.05, 0.1) is 23.1 Å². The summed E-state index contributed by atoms with van der Waals surface area (Å²) in [5.41, 5.74) is 3.25. The summed E-state index contributed by atoms with van der Waals surface area (Å²) in [5.74, 6) is 0.335. The van der Waals surface area contributed by atoms with Gasteiger partial charge >= 0.3 is 0 Å². The molecule has 156 valence electrons. The van der Waals surface area contributed by atoms with E-state index in [0.717, 1.165) is 11.1 Å². The molecule has 1 N–H and O–H groups in total. The minimum Gasteiger partial charge on any atom is -0.495 e. The normalized spacial score (nSPS) is 11.8. The van der Waals surface area contributed by atoms with E-state index in [1.54, 1.807) is 31.2 Å². The SMILES string of the molecule is COc1ccc(NC(=O)[C@H](C)Sc2ccc(=O)n(-c3ccc(C)c(C)c3)n2)cc1Cl. The number of carbonyl (C=O) groups is 1. The van der Waals surface area contributed by atoms with Gasteiger partial charge in [0.2, 0.25) is 5.91 Å². The molecular weight excluding hydrogens is 422 g/mol. The van der Waals surface area contributed by atoms with Gasteiger partial charge in [0.1, 0.15) is 10.8 Å². The fraction of sp³-hybridized carbons (Fsp3) is 0.227. The predicted molar refractivity (Wildman–Crippen MR) is 121 cm³/mol. The van der Waals surface area contributed by atoms with Crippen LogP contribution in [-0.4, -0.2) is 28.0 Å². The number of thioether (sulfide) groups is 1. The molecule has 0 bridgehead atoms. The van der Waals surface area contributed by atoms with Crippen LogP contribution in [0.4, 0.5) is 5.69 Å². The van der Waals surface area contributed by atoms with Crippen molar-refractivity contribution in [3.05, 3.63) is 75.0 Å². The summed E-state index contributed by atoms with van der Waals surface area (Å²) in [7, 11) is 1.53. The quantitative estimate of drug-likeness (QED) is 0.562. The van der Waals surface area contributed by atoms with E-state index in [-0.39, 0.29) is 11.5 Å². The van der Waals surface area contributed by atoms with Gasteiger partial charge in [0, 0.05) is 11.8 Å². The zero-order valence-electron chi connectivity index (χ0n) is 17.1. The Morgan fingerprint density at radius 3 is 2.57 bits per heavy atom. The monoisotopic (exact) mass is 443 g/mol. The van der Waals surface area contributed by atoms with Crippen molar-refractivity contribution in [1.82, 2.24) is 9.78 Å². The first-order valence-corrected chi connectivity index (χ1v) is 10.5. The molecule has 0 radical (unpaired) electrons. The van der Waals surface area contributed by atoms with E-state index in [4.69, 9.17) is 16.3 Å². The number of aryl methyl sites for hydroxylation is 2. The molecule has 1 aromatic heterocycles. The van der Waals surface area contributed by atoms with Crippen LogP contribution in [-0.2, 0) is 4.79 Å². The van der Waals surface area contributed by atoms with E-state index in [9.17, 15) is 9.59 Å². The van der Waals surface area contributed by atoms with Crippen LogP contribution in [0.5, 0.6) is 5.75 Å². The molecule has 2 aromatic carbocycles. The lowest BCUT2D eigenvalue weighted by Gasteiger charge is -2.13. The van der Waals surface area contributed by atoms with Crippen molar-refractivity contribution in [2.45, 2.75) is 31.0 Å². The number of hydrogen-bond acceptors (Lipinski definition) is 5. The molecule has 0 aliphatic heterocycles. The first kappa shape index (κ1) is 21.9. The van der Waals surface area contributed by atoms with Crippen LogP contribution in [0.1, 0.15) is 18.1 Å². The van der Waals surface area contributed by atoms with E-state index >= 15 is 0 Å². The minimum atomic E-state index is -0.441. The number of ether oxygens (including phenoxy) is 1. The van der Waals surface area contributed by atoms with Gasteiger partial charge in [0.15, 0.2) is 0 Å². The third kappa shape index (κ3) is 5.04. The number of rotatable bonds is 6. The predicted octanol–water partition coefficient (Wildman–Crippen LogP) is 4.63. The van der Waals surface area contributed by atoms with Crippen molar-refractivity contribution in [3.63, 3.8) is 0 Å². The molecule has 1 heterocycles. The van der Waals surface area contributed by atoms with Crippen LogP contribution < -0.4 is 15.6 Å². The highest BCUT2D eigenvalue weighted by molar-refractivity contribution is 8.00. The maximum atomic E-state index is 12.6. The standard InChI is InChI=1S/C22H22ClN3O3S/c1-13-5-7-17(11-14(13)2)26-21(27)10-9-20(25-26)30-15(3)22(28)24-16-6-8-19(29-4)18(23)12-16/h5-12,15H,1-4H3,(H,24,28)/t15-/m0/s1. The lowest BCUT2D eigenvalue weighted by atomic mass is 10.1. The average molecular weight is 444 g/mol. The molecule has 3 aromatic rings. The van der Waals surface area contributed by atoms with Gasteiger partial charge < -0.3 is 10.1 Å². The van der Waals surface area contributed by atoms with Gasteiger partial charge in [-0.05, 0) is 68.3 Å². The van der Waals surface area contributed by atoms with Crippen LogP contribution in [0, 0.1) is 13.8 Å². The number of anilines is 1. The summed E-state index contributed by atoms with van der Waals surface area (Å²) < 4.78 is 6.47. The Hall–Kier alpha value is -2.77. The largest absolute Gasteiger partial charge is 0.495 e. The van der Waals surface area contributed by atoms with E-state index in [2.05, 4.69) is 10.4 Å². The number of amides is 1. The van der Waals surface area contributed by atoms with Crippen molar-refractivity contribution in [3.8, 4) is 11.4 Å². The number of carbonyl (C=O) groups excluding carboxylic acids is 1. The minimum absolute atomic E-state index is 0.202. The van der Waals surface area contributed by atoms with Gasteiger partial charge in [-0.1, -0.05) is 29.4 Å². The molecule has 1 amide bonds. The molecule has 0 unspecified atom stereocenters. The first-order chi connectivity index (χ1) is 14.3. The summed E-state index contributed by atoms with van der Waals surface area (Å²) in [4.78, 5) is 24.9. The Morgan fingerprint density at radius 1 is 1.13 bits per heavy atom. The van der Waals surface area contributed by atoms with Gasteiger partial charge in [-0.2, -0.15) is 9.78 Å². The Morgan fingerprint density at radius 2 is 1.90 bits per heavy atom. The van der Waals surface area contributed by atoms with Crippen LogP contribution in [0.25, 0.3) is 5.69 Å². The third-order valence-corrected chi connectivity index (χ3v) is 5.92. The second-order valence-corrected chi connectivity index (χ2v) is 8.56. The summed E-state index contributed by atoms with van der Waals surface area (Å²) >= 11 is 7.38. The number of aromatic nitrogens is 2. The van der Waals surface area contributed by atoms with Crippen molar-refractivity contribution < 1.29 is 9.53 Å². The third-order valence-electron chi connectivity index (χ3n) is 4.60. The van der Waals surface area contributed by atoms with Crippen molar-refractivity contribution in [1.29, 1.82) is 0 Å². The summed E-state index contributed by atoms with van der Waals surface area (Å²) in [6.07, 6.45) is 0. The van der Waals surface area contributed by atoms with E-state index in [1.165, 1.54) is 29.6 Å². The fourth-order valence-corrected chi connectivity index (χ4v) is 3.78. The van der Waals surface area contributed by atoms with Gasteiger partial charge in [-0.25, -0.2) is 0 Å². The van der Waals surface area contributed by atoms with Crippen molar-refractivity contribution in [2.24, 2.45) is 0 Å². The summed E-state index contributed by atoms with van der Waals surface area (Å²) in [5, 5.41) is 7.80. The van der Waals surface area contributed by atoms with Gasteiger partial charge in [-0.15, -0.1) is 0 Å². The summed E-state index contributed by atoms with van der Waals surface area (Å²) in [6.45, 7) is 5.77. The number of benzene rings is 2. The fourth-order valence-electron chi connectivity index (χ4n) is 2.72.